The van der Waals surface area contributed by atoms with E-state index in [9.17, 15) is 0 Å². The fourth-order valence-electron chi connectivity index (χ4n) is 2.74. The topological polar surface area (TPSA) is 63.8 Å². The summed E-state index contributed by atoms with van der Waals surface area (Å²) in [5, 5.41) is 3.35. The van der Waals surface area contributed by atoms with Crippen molar-refractivity contribution in [3.05, 3.63) is 30.5 Å². The maximum absolute atomic E-state index is 6.41. The van der Waals surface area contributed by atoms with Gasteiger partial charge in [0.1, 0.15) is 5.82 Å². The first-order valence-electron chi connectivity index (χ1n) is 7.00. The number of nitrogens with zero attached hydrogens (tertiary/aromatic N) is 2. The monoisotopic (exact) mass is 256 g/mol. The third-order valence-electron chi connectivity index (χ3n) is 3.92. The lowest BCUT2D eigenvalue weighted by molar-refractivity contribution is 0.311. The van der Waals surface area contributed by atoms with Crippen LogP contribution in [0.2, 0.25) is 0 Å². The number of nitrogens with one attached hydrogen (secondary N) is 1. The molecule has 1 aromatic carbocycles. The molecule has 1 aliphatic carbocycles. The van der Waals surface area contributed by atoms with Crippen molar-refractivity contribution in [2.45, 2.75) is 37.6 Å². The second kappa shape index (κ2) is 5.13. The van der Waals surface area contributed by atoms with Gasteiger partial charge in [0, 0.05) is 12.1 Å². The van der Waals surface area contributed by atoms with Crippen LogP contribution in [0.25, 0.3) is 11.0 Å². The Hall–Kier alpha value is -1.68. The van der Waals surface area contributed by atoms with Crippen molar-refractivity contribution in [2.24, 2.45) is 5.73 Å². The van der Waals surface area contributed by atoms with Crippen molar-refractivity contribution in [1.82, 2.24) is 9.97 Å². The average Bonchev–Trinajstić information content (AvgIpc) is 2.46. The first kappa shape index (κ1) is 12.4. The van der Waals surface area contributed by atoms with E-state index in [4.69, 9.17) is 5.73 Å². The summed E-state index contributed by atoms with van der Waals surface area (Å²) >= 11 is 0. The molecule has 0 spiro atoms. The molecule has 1 aliphatic rings. The summed E-state index contributed by atoms with van der Waals surface area (Å²) in [5.41, 5.74) is 8.17. The zero-order valence-electron chi connectivity index (χ0n) is 11.1. The van der Waals surface area contributed by atoms with Crippen LogP contribution in [-0.4, -0.2) is 22.1 Å². The summed E-state index contributed by atoms with van der Waals surface area (Å²) in [4.78, 5) is 8.96. The van der Waals surface area contributed by atoms with E-state index in [1.54, 1.807) is 6.20 Å². The minimum absolute atomic E-state index is 0.0778. The molecular weight excluding hydrogens is 236 g/mol. The van der Waals surface area contributed by atoms with E-state index in [1.165, 1.54) is 19.3 Å². The number of aromatic nitrogens is 2. The molecule has 0 saturated heterocycles. The van der Waals surface area contributed by atoms with Crippen LogP contribution in [0.3, 0.4) is 0 Å². The highest BCUT2D eigenvalue weighted by Crippen LogP contribution is 2.26. The van der Waals surface area contributed by atoms with Crippen LogP contribution in [0.1, 0.15) is 32.1 Å². The number of hydrogen-bond acceptors (Lipinski definition) is 4. The van der Waals surface area contributed by atoms with Crippen LogP contribution < -0.4 is 11.1 Å². The predicted molar refractivity (Wildman–Crippen MR) is 78.0 cm³/mol. The second-order valence-electron chi connectivity index (χ2n) is 5.52. The summed E-state index contributed by atoms with van der Waals surface area (Å²) in [6.07, 6.45) is 7.77. The van der Waals surface area contributed by atoms with Crippen molar-refractivity contribution >= 4 is 16.9 Å². The average molecular weight is 256 g/mol. The number of benzene rings is 1. The van der Waals surface area contributed by atoms with Crippen molar-refractivity contribution in [2.75, 3.05) is 11.9 Å². The summed E-state index contributed by atoms with van der Waals surface area (Å²) < 4.78 is 0. The Kier molecular flexibility index (Phi) is 3.34. The lowest BCUT2D eigenvalue weighted by Gasteiger charge is -2.33. The molecule has 19 heavy (non-hydrogen) atoms. The zero-order valence-corrected chi connectivity index (χ0v) is 11.1. The summed E-state index contributed by atoms with van der Waals surface area (Å²) in [6, 6.07) is 7.90. The Bertz CT molecular complexity index is 561. The van der Waals surface area contributed by atoms with Gasteiger partial charge in [0.15, 0.2) is 0 Å². The molecule has 4 heteroatoms. The summed E-state index contributed by atoms with van der Waals surface area (Å²) in [5.74, 6) is 0.814. The minimum atomic E-state index is -0.0778. The van der Waals surface area contributed by atoms with Crippen LogP contribution >= 0.6 is 0 Å². The number of fused-ring (bicyclic) bond motifs is 1. The van der Waals surface area contributed by atoms with Crippen LogP contribution in [0.4, 0.5) is 5.82 Å². The van der Waals surface area contributed by atoms with Crippen molar-refractivity contribution < 1.29 is 0 Å². The highest BCUT2D eigenvalue weighted by Gasteiger charge is 2.27. The van der Waals surface area contributed by atoms with Gasteiger partial charge in [-0.25, -0.2) is 4.98 Å². The molecule has 100 valence electrons. The normalized spacial score (nSPS) is 18.4. The fourth-order valence-corrected chi connectivity index (χ4v) is 2.74. The number of anilines is 1. The Balaban J connectivity index is 1.71. The van der Waals surface area contributed by atoms with Crippen LogP contribution in [-0.2, 0) is 0 Å². The van der Waals surface area contributed by atoms with Crippen molar-refractivity contribution in [3.8, 4) is 0 Å². The molecule has 1 heterocycles. The SMILES string of the molecule is NC1(CNc2cnc3ccccc3n2)CCCCC1. The maximum Gasteiger partial charge on any atom is 0.145 e. The molecule has 0 amide bonds. The Morgan fingerprint density at radius 1 is 1.11 bits per heavy atom. The molecule has 1 fully saturated rings. The second-order valence-corrected chi connectivity index (χ2v) is 5.52. The number of nitrogens with two attached hydrogens (primary N) is 1. The lowest BCUT2D eigenvalue weighted by Crippen LogP contribution is -2.47. The van der Waals surface area contributed by atoms with Crippen LogP contribution in [0.5, 0.6) is 0 Å². The summed E-state index contributed by atoms with van der Waals surface area (Å²) in [6.45, 7) is 0.778. The Labute approximate surface area is 113 Å². The Morgan fingerprint density at radius 2 is 1.84 bits per heavy atom. The number of rotatable bonds is 3. The van der Waals surface area contributed by atoms with Crippen LogP contribution in [0, 0.1) is 0 Å². The van der Waals surface area contributed by atoms with Gasteiger partial charge in [0.05, 0.1) is 17.2 Å². The van der Waals surface area contributed by atoms with Gasteiger partial charge in [-0.2, -0.15) is 0 Å². The highest BCUT2D eigenvalue weighted by atomic mass is 15.0. The molecule has 3 rings (SSSR count). The minimum Gasteiger partial charge on any atom is -0.367 e. The Morgan fingerprint density at radius 3 is 2.63 bits per heavy atom. The molecule has 0 bridgehead atoms. The first-order valence-corrected chi connectivity index (χ1v) is 7.00. The van der Waals surface area contributed by atoms with Gasteiger partial charge in [-0.05, 0) is 25.0 Å². The number of hydrogen-bond donors (Lipinski definition) is 2. The molecule has 0 unspecified atom stereocenters. The van der Waals surface area contributed by atoms with Gasteiger partial charge >= 0.3 is 0 Å². The van der Waals surface area contributed by atoms with Gasteiger partial charge in [-0.3, -0.25) is 4.98 Å². The van der Waals surface area contributed by atoms with E-state index in [1.807, 2.05) is 24.3 Å². The smallest absolute Gasteiger partial charge is 0.145 e. The predicted octanol–water partition coefficient (Wildman–Crippen LogP) is 2.70. The first-order chi connectivity index (χ1) is 9.25. The molecule has 1 aromatic heterocycles. The highest BCUT2D eigenvalue weighted by molar-refractivity contribution is 5.75. The zero-order chi connectivity index (χ0) is 13.1. The largest absolute Gasteiger partial charge is 0.367 e. The van der Waals surface area contributed by atoms with Gasteiger partial charge < -0.3 is 11.1 Å². The molecule has 3 N–H and O–H groups in total. The van der Waals surface area contributed by atoms with Gasteiger partial charge in [-0.1, -0.05) is 31.4 Å². The molecule has 0 aliphatic heterocycles. The van der Waals surface area contributed by atoms with E-state index >= 15 is 0 Å². The molecule has 2 aromatic rings. The van der Waals surface area contributed by atoms with Gasteiger partial charge in [-0.15, -0.1) is 0 Å². The summed E-state index contributed by atoms with van der Waals surface area (Å²) in [7, 11) is 0. The van der Waals surface area contributed by atoms with E-state index in [0.29, 0.717) is 0 Å². The molecule has 0 atom stereocenters. The van der Waals surface area contributed by atoms with E-state index in [0.717, 1.165) is 36.2 Å². The van der Waals surface area contributed by atoms with Crippen molar-refractivity contribution in [1.29, 1.82) is 0 Å². The molecule has 4 nitrogen and oxygen atoms in total. The van der Waals surface area contributed by atoms with E-state index < -0.39 is 0 Å². The third kappa shape index (κ3) is 2.84. The molecular formula is C15H20N4. The third-order valence-corrected chi connectivity index (χ3v) is 3.92. The van der Waals surface area contributed by atoms with Gasteiger partial charge in [0.2, 0.25) is 0 Å². The molecule has 0 radical (unpaired) electrons. The van der Waals surface area contributed by atoms with E-state index in [2.05, 4.69) is 15.3 Å². The van der Waals surface area contributed by atoms with Crippen molar-refractivity contribution in [3.63, 3.8) is 0 Å². The van der Waals surface area contributed by atoms with Crippen LogP contribution in [0.15, 0.2) is 30.5 Å². The standard InChI is InChI=1S/C15H20N4/c16-15(8-4-1-5-9-15)11-18-14-10-17-12-6-2-3-7-13(12)19-14/h2-3,6-7,10H,1,4-5,8-9,11,16H2,(H,18,19). The molecule has 1 saturated carbocycles. The maximum atomic E-state index is 6.41. The quantitative estimate of drug-likeness (QED) is 0.886. The fraction of sp³-hybridized carbons (Fsp3) is 0.467. The lowest BCUT2D eigenvalue weighted by atomic mass is 9.82. The van der Waals surface area contributed by atoms with E-state index in [-0.39, 0.29) is 5.54 Å². The number of para-hydroxylation sites is 2. The van der Waals surface area contributed by atoms with Gasteiger partial charge in [0.25, 0.3) is 0 Å².